The molecule has 2 N–H and O–H groups in total. The molecule has 5 nitrogen and oxygen atoms in total. The van der Waals surface area contributed by atoms with E-state index in [2.05, 4.69) is 19.2 Å². The Morgan fingerprint density at radius 3 is 0.553 bits per heavy atom. The molecule has 0 amide bonds. The van der Waals surface area contributed by atoms with Gasteiger partial charge < -0.3 is 124 Å². The number of nitrogens with zero attached hydrogens (tertiary/aromatic N) is 4. The Labute approximate surface area is 313 Å². The number of quaternary nitrogens is 1. The molecule has 0 aliphatic heterocycles. The van der Waals surface area contributed by atoms with Crippen molar-refractivity contribution in [3.05, 3.63) is 0 Å². The van der Waals surface area contributed by atoms with E-state index in [0.717, 1.165) is 52.4 Å². The van der Waals surface area contributed by atoms with Crippen molar-refractivity contribution in [2.24, 2.45) is 0 Å². The zero-order valence-corrected chi connectivity index (χ0v) is 35.5. The van der Waals surface area contributed by atoms with Crippen LogP contribution in [0.5, 0.6) is 0 Å². The molecule has 0 aliphatic rings. The van der Waals surface area contributed by atoms with E-state index < -0.39 is 0 Å². The molecule has 38 heavy (non-hydrogen) atoms. The van der Waals surface area contributed by atoms with E-state index in [9.17, 15) is 0 Å². The van der Waals surface area contributed by atoms with Crippen molar-refractivity contribution in [3.8, 4) is 0 Å². The van der Waals surface area contributed by atoms with Crippen LogP contribution in [-0.2, 0) is 50.5 Å². The Morgan fingerprint density at radius 1 is 0.421 bits per heavy atom. The molecule has 0 spiro atoms. The van der Waals surface area contributed by atoms with Crippen molar-refractivity contribution in [1.82, 2.24) is 19.6 Å². The summed E-state index contributed by atoms with van der Waals surface area (Å²) >= 11 is 38.0. The summed E-state index contributed by atoms with van der Waals surface area (Å²) in [7, 11) is 0. The van der Waals surface area contributed by atoms with Gasteiger partial charge in [-0.05, 0) is 69.2 Å². The summed E-state index contributed by atoms with van der Waals surface area (Å²) in [5, 5.41) is 2.25. The summed E-state index contributed by atoms with van der Waals surface area (Å²) < 4.78 is 2.31. The Hall–Kier alpha value is 1.76. The van der Waals surface area contributed by atoms with Gasteiger partial charge in [0.05, 0.1) is 13.1 Å². The van der Waals surface area contributed by atoms with E-state index in [-0.39, 0.29) is 41.3 Å². The maximum atomic E-state index is 4.76. The zero-order chi connectivity index (χ0) is 30.4. The van der Waals surface area contributed by atoms with Crippen LogP contribution in [-0.4, -0.2) is 102 Å². The molecular weight excluding hydrogens is 756 g/mol. The molecule has 0 aromatic heterocycles. The van der Waals surface area contributed by atoms with Crippen molar-refractivity contribution in [2.75, 3.05) is 65.4 Å². The summed E-state index contributed by atoms with van der Waals surface area (Å²) in [6.45, 7) is 30.5. The quantitative estimate of drug-likeness (QED) is 0.254. The molecule has 0 bridgehead atoms. The first-order valence-corrected chi connectivity index (χ1v) is 16.2. The summed E-state index contributed by atoms with van der Waals surface area (Å²) in [6.07, 6.45) is 0. The van der Waals surface area contributed by atoms with Crippen LogP contribution in [0.1, 0.15) is 69.2 Å². The van der Waals surface area contributed by atoms with E-state index in [1.54, 1.807) is 0 Å². The molecule has 0 fully saturated rings. The summed E-state index contributed by atoms with van der Waals surface area (Å²) in [4.78, 5) is 7.85. The van der Waals surface area contributed by atoms with Crippen LogP contribution in [0.3, 0.4) is 0 Å². The van der Waals surface area contributed by atoms with Gasteiger partial charge in [0.2, 0.25) is 0 Å². The van der Waals surface area contributed by atoms with E-state index in [1.165, 1.54) is 13.1 Å². The third-order valence-electron chi connectivity index (χ3n) is 4.66. The predicted molar refractivity (Wildman–Crippen MR) is 195 cm³/mol. The smallest absolute Gasteiger partial charge is 0.411 e. The Balaban J connectivity index is -0.0000000844. The van der Waals surface area contributed by atoms with Gasteiger partial charge in [-0.2, -0.15) is 0 Å². The molecule has 0 saturated carbocycles. The molecule has 0 rings (SSSR count). The number of hydrogen-bond donors (Lipinski definition) is 1. The third-order valence-corrected chi connectivity index (χ3v) is 6.73. The van der Waals surface area contributed by atoms with Gasteiger partial charge in [-0.25, -0.2) is 0 Å². The molecule has 0 atom stereocenters. The van der Waals surface area contributed by atoms with E-state index in [0.29, 0.717) is 17.3 Å². The van der Waals surface area contributed by atoms with Crippen molar-refractivity contribution < 1.29 is 46.6 Å². The monoisotopic (exact) mass is 807 g/mol. The van der Waals surface area contributed by atoms with Gasteiger partial charge in [0, 0.05) is 52.4 Å². The van der Waals surface area contributed by atoms with Crippen LogP contribution in [0.2, 0.25) is 0 Å². The van der Waals surface area contributed by atoms with Gasteiger partial charge in [0.25, 0.3) is 0 Å². The van der Waals surface area contributed by atoms with Gasteiger partial charge >= 0.3 is 41.3 Å². The van der Waals surface area contributed by atoms with Crippen LogP contribution < -0.4 is 5.32 Å². The summed E-state index contributed by atoms with van der Waals surface area (Å²) in [5.41, 5.74) is 0. The van der Waals surface area contributed by atoms with Crippen molar-refractivity contribution in [1.29, 1.82) is 0 Å². The molecule has 0 saturated heterocycles. The number of rotatable bonds is 10. The predicted octanol–water partition coefficient (Wildman–Crippen LogP) is 4.23. The van der Waals surface area contributed by atoms with E-state index >= 15 is 0 Å². The summed E-state index contributed by atoms with van der Waals surface area (Å²) in [5.74, 6) is 0. The second-order valence-electron chi connectivity index (χ2n) is 6.86. The van der Waals surface area contributed by atoms with Gasteiger partial charge in [0.1, 0.15) is 0 Å². The molecule has 0 aliphatic carbocycles. The average Bonchev–Trinajstić information content (AvgIpc) is 2.83. The number of nitrogens with two attached hydrogens (primary N) is 1. The summed E-state index contributed by atoms with van der Waals surface area (Å²) in [6, 6.07) is 0. The van der Waals surface area contributed by atoms with E-state index in [4.69, 9.17) is 99.4 Å². The van der Waals surface area contributed by atoms with Gasteiger partial charge in [0.15, 0.2) is 0 Å². The maximum Gasteiger partial charge on any atom is 3.00 e. The maximum absolute atomic E-state index is 4.76. The molecule has 0 aromatic carbocycles. The van der Waals surface area contributed by atoms with Crippen molar-refractivity contribution in [2.45, 2.75) is 69.2 Å². The van der Waals surface area contributed by atoms with Crippen molar-refractivity contribution >= 4 is 117 Å². The second kappa shape index (κ2) is 40.9. The van der Waals surface area contributed by atoms with Crippen LogP contribution in [0.25, 0.3) is 0 Å². The molecule has 0 radical (unpaired) electrons. The Bertz CT molecular complexity index is 454. The minimum absolute atomic E-state index is 0. The fourth-order valence-electron chi connectivity index (χ4n) is 2.22. The number of thiocarbonyl (C=S) groups is 4. The van der Waals surface area contributed by atoms with Crippen LogP contribution >= 0.6 is 48.9 Å². The van der Waals surface area contributed by atoms with Gasteiger partial charge in [-0.1, -0.05) is 17.3 Å². The zero-order valence-electron chi connectivity index (χ0n) is 25.3. The fraction of sp³-hybridized carbons (Fsp3) is 0.833. The van der Waals surface area contributed by atoms with E-state index in [1.807, 2.05) is 75.0 Å². The minimum atomic E-state index is 0. The second-order valence-corrected chi connectivity index (χ2v) is 11.0. The third kappa shape index (κ3) is 39.9. The normalized spacial score (nSPS) is 8.47. The van der Waals surface area contributed by atoms with Crippen LogP contribution in [0.15, 0.2) is 0 Å². The standard InChI is InChI=1S/4C5H11NS2.C4H11N.Pr/c4*1-3-6(4-2)5(7)8;1-3-5-4-2;/h4*3-4H2,1-2H3,(H,7,8);5H,3-4H2,1-2H3;/q;;;;;+3/p-3. The molecule has 224 valence electrons. The molecule has 0 heterocycles. The first-order chi connectivity index (χ1) is 17.3. The van der Waals surface area contributed by atoms with Crippen LogP contribution in [0, 0.1) is 41.3 Å². The SMILES string of the molecule is CCN(CC)C(=S)[S-].CCN(CC)C(=S)[S-].CCN(CC)C(=S)[S-].CCN(CC)C(=S)[S-].CC[NH2+]CC.[Pr+3]. The first-order valence-electron chi connectivity index (χ1n) is 12.9. The number of hydrogen-bond acceptors (Lipinski definition) is 8. The van der Waals surface area contributed by atoms with Gasteiger partial charge in [-0.3, -0.25) is 0 Å². The van der Waals surface area contributed by atoms with Crippen molar-refractivity contribution in [3.63, 3.8) is 0 Å². The molecular formula is C24H52N5PrS8. The average molecular weight is 808 g/mol. The Kier molecular flexibility index (Phi) is 56.4. The first kappa shape index (κ1) is 52.4. The molecule has 0 unspecified atom stereocenters. The molecule has 14 heteroatoms. The molecule has 0 aromatic rings. The van der Waals surface area contributed by atoms with Gasteiger partial charge in [-0.15, -0.1) is 0 Å². The topological polar surface area (TPSA) is 29.6 Å². The minimum Gasteiger partial charge on any atom is -0.411 e. The van der Waals surface area contributed by atoms with Crippen LogP contribution in [0.4, 0.5) is 0 Å². The largest absolute Gasteiger partial charge is 3.00 e. The fourth-order valence-corrected chi connectivity index (χ4v) is 4.28. The Morgan fingerprint density at radius 2 is 0.553 bits per heavy atom.